The Labute approximate surface area is 143 Å². The van der Waals surface area contributed by atoms with E-state index in [0.717, 1.165) is 5.56 Å². The fraction of sp³-hybridized carbons (Fsp3) is 0.235. The van der Waals surface area contributed by atoms with Crippen LogP contribution < -0.4 is 10.6 Å². The molecule has 0 radical (unpaired) electrons. The van der Waals surface area contributed by atoms with Crippen LogP contribution in [0.25, 0.3) is 0 Å². The van der Waals surface area contributed by atoms with Crippen LogP contribution in [0.1, 0.15) is 22.3 Å². The van der Waals surface area contributed by atoms with E-state index in [9.17, 15) is 19.5 Å². The quantitative estimate of drug-likeness (QED) is 0.678. The van der Waals surface area contributed by atoms with Gasteiger partial charge < -0.3 is 15.7 Å². The fourth-order valence-corrected chi connectivity index (χ4v) is 2.74. The van der Waals surface area contributed by atoms with Gasteiger partial charge in [-0.1, -0.05) is 30.3 Å². The van der Waals surface area contributed by atoms with Crippen LogP contribution >= 0.6 is 11.3 Å². The molecule has 1 atom stereocenters. The standard InChI is InChI=1S/C17H18N2O4S/c20-15(6-8-18-16(21)13-7-9-24-11-13)19-14(17(22)23)10-12-4-2-1-3-5-12/h1-5,7,9,11,14H,6,8,10H2,(H,18,21)(H,19,20)(H,22,23)/t14-/m1/s1. The number of nitrogens with one attached hydrogen (secondary N) is 2. The number of hydrogen-bond acceptors (Lipinski definition) is 4. The van der Waals surface area contributed by atoms with Gasteiger partial charge in [0, 0.05) is 30.3 Å². The zero-order valence-corrected chi connectivity index (χ0v) is 13.7. The summed E-state index contributed by atoms with van der Waals surface area (Å²) in [5.74, 6) is -1.75. The molecule has 0 unspecified atom stereocenters. The first kappa shape index (κ1) is 17.7. The number of rotatable bonds is 8. The van der Waals surface area contributed by atoms with Crippen molar-refractivity contribution in [1.29, 1.82) is 0 Å². The van der Waals surface area contributed by atoms with E-state index in [1.54, 1.807) is 16.8 Å². The Kier molecular flexibility index (Phi) is 6.51. The average Bonchev–Trinajstić information content (AvgIpc) is 3.09. The highest BCUT2D eigenvalue weighted by molar-refractivity contribution is 7.08. The summed E-state index contributed by atoms with van der Waals surface area (Å²) in [7, 11) is 0. The third-order valence-electron chi connectivity index (χ3n) is 3.34. The Bertz CT molecular complexity index is 686. The molecule has 24 heavy (non-hydrogen) atoms. The lowest BCUT2D eigenvalue weighted by molar-refractivity contribution is -0.141. The normalized spacial score (nSPS) is 11.5. The maximum Gasteiger partial charge on any atom is 0.326 e. The summed E-state index contributed by atoms with van der Waals surface area (Å²) in [5, 5.41) is 17.9. The molecular formula is C17H18N2O4S. The van der Waals surface area contributed by atoms with Gasteiger partial charge in [-0.25, -0.2) is 4.79 Å². The number of carbonyl (C=O) groups excluding carboxylic acids is 2. The summed E-state index contributed by atoms with van der Waals surface area (Å²) in [6, 6.07) is 9.79. The summed E-state index contributed by atoms with van der Waals surface area (Å²) >= 11 is 1.41. The molecule has 3 N–H and O–H groups in total. The number of carboxylic acid groups (broad SMARTS) is 1. The molecule has 1 aromatic heterocycles. The molecule has 1 aromatic carbocycles. The van der Waals surface area contributed by atoms with Crippen molar-refractivity contribution < 1.29 is 19.5 Å². The second-order valence-electron chi connectivity index (χ2n) is 5.17. The SMILES string of the molecule is O=C(CCNC(=O)c1ccsc1)N[C@H](Cc1ccccc1)C(=O)O. The number of amides is 2. The van der Waals surface area contributed by atoms with Gasteiger partial charge in [0.1, 0.15) is 6.04 Å². The fourth-order valence-electron chi connectivity index (χ4n) is 2.10. The van der Waals surface area contributed by atoms with E-state index in [-0.39, 0.29) is 25.3 Å². The molecule has 2 aromatic rings. The minimum absolute atomic E-state index is 0.0223. The van der Waals surface area contributed by atoms with Crippen molar-refractivity contribution in [2.24, 2.45) is 0 Å². The molecule has 0 spiro atoms. The Morgan fingerprint density at radius 2 is 1.88 bits per heavy atom. The molecular weight excluding hydrogens is 328 g/mol. The van der Waals surface area contributed by atoms with Crippen LogP contribution in [0.4, 0.5) is 0 Å². The lowest BCUT2D eigenvalue weighted by Gasteiger charge is -2.14. The van der Waals surface area contributed by atoms with Crippen LogP contribution in [0.5, 0.6) is 0 Å². The van der Waals surface area contributed by atoms with Gasteiger partial charge in [-0.2, -0.15) is 11.3 Å². The van der Waals surface area contributed by atoms with E-state index < -0.39 is 17.9 Å². The molecule has 7 heteroatoms. The van der Waals surface area contributed by atoms with Crippen molar-refractivity contribution in [1.82, 2.24) is 10.6 Å². The largest absolute Gasteiger partial charge is 0.480 e. The molecule has 1 heterocycles. The van der Waals surface area contributed by atoms with Crippen molar-refractivity contribution in [3.63, 3.8) is 0 Å². The van der Waals surface area contributed by atoms with Crippen LogP contribution in [-0.4, -0.2) is 35.5 Å². The van der Waals surface area contributed by atoms with Crippen molar-refractivity contribution in [2.75, 3.05) is 6.54 Å². The summed E-state index contributed by atoms with van der Waals surface area (Å²) in [6.07, 6.45) is 0.234. The smallest absolute Gasteiger partial charge is 0.326 e. The molecule has 0 fully saturated rings. The van der Waals surface area contributed by atoms with Crippen LogP contribution in [0.15, 0.2) is 47.2 Å². The van der Waals surface area contributed by atoms with Crippen LogP contribution in [-0.2, 0) is 16.0 Å². The molecule has 0 aliphatic carbocycles. The monoisotopic (exact) mass is 346 g/mol. The maximum atomic E-state index is 11.9. The highest BCUT2D eigenvalue weighted by Crippen LogP contribution is 2.05. The van der Waals surface area contributed by atoms with E-state index in [1.807, 2.05) is 30.3 Å². The van der Waals surface area contributed by atoms with Gasteiger partial charge in [0.25, 0.3) is 5.91 Å². The number of benzene rings is 1. The predicted molar refractivity (Wildman–Crippen MR) is 91.0 cm³/mol. The van der Waals surface area contributed by atoms with E-state index in [0.29, 0.717) is 5.56 Å². The first-order chi connectivity index (χ1) is 11.6. The second-order valence-corrected chi connectivity index (χ2v) is 5.95. The first-order valence-corrected chi connectivity index (χ1v) is 8.37. The summed E-state index contributed by atoms with van der Waals surface area (Å²) < 4.78 is 0. The first-order valence-electron chi connectivity index (χ1n) is 7.43. The summed E-state index contributed by atoms with van der Waals surface area (Å²) in [6.45, 7) is 0.151. The number of carbonyl (C=O) groups is 3. The van der Waals surface area contributed by atoms with Gasteiger partial charge in [-0.15, -0.1) is 0 Å². The van der Waals surface area contributed by atoms with Gasteiger partial charge in [0.2, 0.25) is 5.91 Å². The van der Waals surface area contributed by atoms with Crippen molar-refractivity contribution in [2.45, 2.75) is 18.9 Å². The molecule has 6 nitrogen and oxygen atoms in total. The third-order valence-corrected chi connectivity index (χ3v) is 4.02. The highest BCUT2D eigenvalue weighted by atomic mass is 32.1. The summed E-state index contributed by atoms with van der Waals surface area (Å²) in [4.78, 5) is 34.9. The van der Waals surface area contributed by atoms with E-state index >= 15 is 0 Å². The van der Waals surface area contributed by atoms with Crippen LogP contribution in [0.2, 0.25) is 0 Å². The van der Waals surface area contributed by atoms with Gasteiger partial charge in [-0.3, -0.25) is 9.59 Å². The van der Waals surface area contributed by atoms with Crippen LogP contribution in [0.3, 0.4) is 0 Å². The Morgan fingerprint density at radius 1 is 1.12 bits per heavy atom. The van der Waals surface area contributed by atoms with E-state index in [2.05, 4.69) is 10.6 Å². The third kappa shape index (κ3) is 5.51. The summed E-state index contributed by atoms with van der Waals surface area (Å²) in [5.41, 5.74) is 1.38. The molecule has 126 valence electrons. The second kappa shape index (κ2) is 8.83. The van der Waals surface area contributed by atoms with Gasteiger partial charge in [-0.05, 0) is 17.0 Å². The molecule has 0 aliphatic rings. The Hall–Kier alpha value is -2.67. The van der Waals surface area contributed by atoms with Crippen molar-refractivity contribution >= 4 is 29.1 Å². The maximum absolute atomic E-state index is 11.9. The molecule has 0 saturated carbocycles. The topological polar surface area (TPSA) is 95.5 Å². The molecule has 2 rings (SSSR count). The molecule has 0 aliphatic heterocycles. The van der Waals surface area contributed by atoms with E-state index in [4.69, 9.17) is 0 Å². The van der Waals surface area contributed by atoms with E-state index in [1.165, 1.54) is 11.3 Å². The highest BCUT2D eigenvalue weighted by Gasteiger charge is 2.20. The number of thiophene rings is 1. The minimum atomic E-state index is -1.09. The Morgan fingerprint density at radius 3 is 2.50 bits per heavy atom. The lowest BCUT2D eigenvalue weighted by Crippen LogP contribution is -2.43. The Balaban J connectivity index is 1.78. The molecule has 2 amide bonds. The zero-order valence-electron chi connectivity index (χ0n) is 12.9. The van der Waals surface area contributed by atoms with Gasteiger partial charge in [0.15, 0.2) is 0 Å². The minimum Gasteiger partial charge on any atom is -0.480 e. The predicted octanol–water partition coefficient (Wildman–Crippen LogP) is 1.68. The number of hydrogen-bond donors (Lipinski definition) is 3. The van der Waals surface area contributed by atoms with Crippen LogP contribution in [0, 0.1) is 0 Å². The van der Waals surface area contributed by atoms with Crippen molar-refractivity contribution in [3.8, 4) is 0 Å². The lowest BCUT2D eigenvalue weighted by atomic mass is 10.1. The zero-order chi connectivity index (χ0) is 17.4. The van der Waals surface area contributed by atoms with Crippen molar-refractivity contribution in [3.05, 3.63) is 58.3 Å². The number of carboxylic acids is 1. The average molecular weight is 346 g/mol. The van der Waals surface area contributed by atoms with Gasteiger partial charge in [0.05, 0.1) is 0 Å². The molecule has 0 saturated heterocycles. The number of aliphatic carboxylic acids is 1. The van der Waals surface area contributed by atoms with Gasteiger partial charge >= 0.3 is 5.97 Å². The molecule has 0 bridgehead atoms.